The maximum absolute atomic E-state index is 13.1. The lowest BCUT2D eigenvalue weighted by molar-refractivity contribution is -0.137. The van der Waals surface area contributed by atoms with E-state index in [1.807, 2.05) is 6.07 Å². The highest BCUT2D eigenvalue weighted by molar-refractivity contribution is 5.71. The smallest absolute Gasteiger partial charge is 0.417 e. The maximum Gasteiger partial charge on any atom is 0.417 e. The summed E-state index contributed by atoms with van der Waals surface area (Å²) < 4.78 is 44.6. The van der Waals surface area contributed by atoms with Crippen molar-refractivity contribution in [2.24, 2.45) is 0 Å². The highest BCUT2D eigenvalue weighted by Crippen LogP contribution is 2.36. The number of nitrogens with zero attached hydrogens (tertiary/aromatic N) is 1. The molecule has 0 amide bonds. The second-order valence-corrected chi connectivity index (χ2v) is 5.07. The van der Waals surface area contributed by atoms with Crippen LogP contribution in [0.5, 0.6) is 5.75 Å². The van der Waals surface area contributed by atoms with Gasteiger partial charge in [0.25, 0.3) is 5.56 Å². The number of hydrogen-bond donors (Lipinski definition) is 1. The van der Waals surface area contributed by atoms with Crippen LogP contribution in [0.25, 0.3) is 11.3 Å². The summed E-state index contributed by atoms with van der Waals surface area (Å²) in [7, 11) is 1.40. The summed E-state index contributed by atoms with van der Waals surface area (Å²) in [5, 5.41) is 8.82. The Hall–Kier alpha value is -2.75. The van der Waals surface area contributed by atoms with Crippen LogP contribution in [0, 0.1) is 25.2 Å². The zero-order valence-electron chi connectivity index (χ0n) is 12.6. The zero-order valence-corrected chi connectivity index (χ0v) is 12.6. The molecule has 0 saturated heterocycles. The molecule has 0 unspecified atom stereocenters. The van der Waals surface area contributed by atoms with Crippen molar-refractivity contribution in [2.75, 3.05) is 7.11 Å². The normalized spacial score (nSPS) is 11.2. The molecule has 0 fully saturated rings. The van der Waals surface area contributed by atoms with Gasteiger partial charge in [-0.3, -0.25) is 4.79 Å². The van der Waals surface area contributed by atoms with Gasteiger partial charge >= 0.3 is 6.18 Å². The number of pyridine rings is 1. The summed E-state index contributed by atoms with van der Waals surface area (Å²) in [6, 6.07) is 5.49. The maximum atomic E-state index is 13.1. The number of benzene rings is 1. The van der Waals surface area contributed by atoms with Crippen molar-refractivity contribution in [1.29, 1.82) is 5.26 Å². The number of aromatic nitrogens is 1. The number of hydrogen-bond acceptors (Lipinski definition) is 3. The molecule has 7 heteroatoms. The average Bonchev–Trinajstić information content (AvgIpc) is 2.44. The van der Waals surface area contributed by atoms with Gasteiger partial charge in [-0.25, -0.2) is 0 Å². The van der Waals surface area contributed by atoms with Crippen LogP contribution >= 0.6 is 0 Å². The molecule has 2 rings (SSSR count). The van der Waals surface area contributed by atoms with E-state index in [2.05, 4.69) is 4.98 Å². The number of halogens is 3. The second-order valence-electron chi connectivity index (χ2n) is 5.07. The molecule has 4 nitrogen and oxygen atoms in total. The van der Waals surface area contributed by atoms with E-state index < -0.39 is 22.9 Å². The van der Waals surface area contributed by atoms with Crippen molar-refractivity contribution < 1.29 is 17.9 Å². The first kappa shape index (κ1) is 16.6. The zero-order chi connectivity index (χ0) is 17.4. The van der Waals surface area contributed by atoms with Crippen LogP contribution in [0.2, 0.25) is 0 Å². The standard InChI is InChI=1S/C16H13F3N2O2/c1-8-4-9(2)14(23-3)10(5-8)13-6-12(16(17,18)19)11(7-20)15(22)21-13/h4-6H,1-3H3,(H,21,22). The monoisotopic (exact) mass is 322 g/mol. The van der Waals surface area contributed by atoms with Crippen LogP contribution in [0.3, 0.4) is 0 Å². The van der Waals surface area contributed by atoms with E-state index >= 15 is 0 Å². The van der Waals surface area contributed by atoms with Crippen molar-refractivity contribution in [3.63, 3.8) is 0 Å². The Morgan fingerprint density at radius 3 is 2.39 bits per heavy atom. The first-order chi connectivity index (χ1) is 10.7. The number of rotatable bonds is 2. The Bertz CT molecular complexity index is 861. The number of ether oxygens (including phenoxy) is 1. The van der Waals surface area contributed by atoms with Gasteiger partial charge < -0.3 is 9.72 Å². The van der Waals surface area contributed by atoms with E-state index in [1.54, 1.807) is 19.9 Å². The minimum Gasteiger partial charge on any atom is -0.496 e. The number of aryl methyl sites for hydroxylation is 2. The van der Waals surface area contributed by atoms with E-state index in [-0.39, 0.29) is 5.69 Å². The molecular formula is C16H13F3N2O2. The fraction of sp³-hybridized carbons (Fsp3) is 0.250. The van der Waals surface area contributed by atoms with Gasteiger partial charge in [-0.05, 0) is 37.1 Å². The number of nitrogens with one attached hydrogen (secondary N) is 1. The predicted molar refractivity (Wildman–Crippen MR) is 78.2 cm³/mol. The second kappa shape index (κ2) is 5.80. The Labute approximate surface area is 130 Å². The van der Waals surface area contributed by atoms with Crippen molar-refractivity contribution >= 4 is 0 Å². The number of alkyl halides is 3. The minimum atomic E-state index is -4.81. The summed E-state index contributed by atoms with van der Waals surface area (Å²) in [6.07, 6.45) is -4.81. The predicted octanol–water partition coefficient (Wildman–Crippen LogP) is 3.56. The summed E-state index contributed by atoms with van der Waals surface area (Å²) in [4.78, 5) is 14.2. The molecule has 1 heterocycles. The summed E-state index contributed by atoms with van der Waals surface area (Å²) in [6.45, 7) is 3.53. The third-order valence-electron chi connectivity index (χ3n) is 3.36. The van der Waals surface area contributed by atoms with Crippen LogP contribution in [-0.2, 0) is 6.18 Å². The van der Waals surface area contributed by atoms with E-state index in [9.17, 15) is 18.0 Å². The molecule has 1 aromatic carbocycles. The fourth-order valence-corrected chi connectivity index (χ4v) is 2.46. The first-order valence-corrected chi connectivity index (χ1v) is 6.59. The van der Waals surface area contributed by atoms with Gasteiger partial charge in [0.2, 0.25) is 0 Å². The van der Waals surface area contributed by atoms with E-state index in [4.69, 9.17) is 10.00 Å². The molecule has 0 atom stereocenters. The number of H-pyrrole nitrogens is 1. The first-order valence-electron chi connectivity index (χ1n) is 6.59. The molecule has 0 aliphatic rings. The van der Waals surface area contributed by atoms with Gasteiger partial charge in [0.1, 0.15) is 17.4 Å². The number of aromatic amines is 1. The molecule has 1 N–H and O–H groups in total. The SMILES string of the molecule is COc1c(C)cc(C)cc1-c1cc(C(F)(F)F)c(C#N)c(=O)[nH]1. The summed E-state index contributed by atoms with van der Waals surface area (Å²) in [5.41, 5.74) is -1.50. The summed E-state index contributed by atoms with van der Waals surface area (Å²) in [5.74, 6) is 0.365. The average molecular weight is 322 g/mol. The van der Waals surface area contributed by atoms with E-state index in [0.29, 0.717) is 11.3 Å². The largest absolute Gasteiger partial charge is 0.496 e. The lowest BCUT2D eigenvalue weighted by atomic mass is 10.00. The Morgan fingerprint density at radius 2 is 1.87 bits per heavy atom. The highest BCUT2D eigenvalue weighted by Gasteiger charge is 2.35. The molecule has 120 valence electrons. The van der Waals surface area contributed by atoms with E-state index in [0.717, 1.165) is 17.2 Å². The van der Waals surface area contributed by atoms with Crippen molar-refractivity contribution in [2.45, 2.75) is 20.0 Å². The van der Waals surface area contributed by atoms with Crippen LogP contribution in [0.4, 0.5) is 13.2 Å². The van der Waals surface area contributed by atoms with Gasteiger partial charge in [0, 0.05) is 5.56 Å². The molecular weight excluding hydrogens is 309 g/mol. The molecule has 0 bridgehead atoms. The Kier molecular flexibility index (Phi) is 4.19. The minimum absolute atomic E-state index is 0.0509. The molecule has 0 saturated carbocycles. The van der Waals surface area contributed by atoms with Gasteiger partial charge in [0.05, 0.1) is 18.4 Å². The number of nitriles is 1. The van der Waals surface area contributed by atoms with Gasteiger partial charge in [-0.15, -0.1) is 0 Å². The Balaban J connectivity index is 2.84. The van der Waals surface area contributed by atoms with Crippen LogP contribution < -0.4 is 10.3 Å². The van der Waals surface area contributed by atoms with E-state index in [1.165, 1.54) is 13.2 Å². The van der Waals surface area contributed by atoms with Gasteiger partial charge in [-0.1, -0.05) is 6.07 Å². The molecule has 23 heavy (non-hydrogen) atoms. The lowest BCUT2D eigenvalue weighted by Gasteiger charge is -2.15. The van der Waals surface area contributed by atoms with Crippen molar-refractivity contribution in [3.05, 3.63) is 50.8 Å². The molecule has 0 radical (unpaired) electrons. The third kappa shape index (κ3) is 3.06. The quantitative estimate of drug-likeness (QED) is 0.919. The topological polar surface area (TPSA) is 65.9 Å². The van der Waals surface area contributed by atoms with Crippen molar-refractivity contribution in [3.8, 4) is 23.1 Å². The molecule has 2 aromatic rings. The van der Waals surface area contributed by atoms with Gasteiger partial charge in [0.15, 0.2) is 0 Å². The highest BCUT2D eigenvalue weighted by atomic mass is 19.4. The Morgan fingerprint density at radius 1 is 1.22 bits per heavy atom. The molecule has 0 spiro atoms. The number of methoxy groups -OCH3 is 1. The third-order valence-corrected chi connectivity index (χ3v) is 3.36. The molecule has 0 aliphatic heterocycles. The summed E-state index contributed by atoms with van der Waals surface area (Å²) >= 11 is 0. The van der Waals surface area contributed by atoms with Crippen LogP contribution in [0.1, 0.15) is 22.3 Å². The molecule has 0 aliphatic carbocycles. The van der Waals surface area contributed by atoms with Crippen molar-refractivity contribution in [1.82, 2.24) is 4.98 Å². The van der Waals surface area contributed by atoms with Gasteiger partial charge in [-0.2, -0.15) is 18.4 Å². The fourth-order valence-electron chi connectivity index (χ4n) is 2.46. The molecule has 1 aromatic heterocycles. The van der Waals surface area contributed by atoms with Crippen LogP contribution in [-0.4, -0.2) is 12.1 Å². The lowest BCUT2D eigenvalue weighted by Crippen LogP contribution is -2.19. The van der Waals surface area contributed by atoms with Crippen LogP contribution in [0.15, 0.2) is 23.0 Å².